The summed E-state index contributed by atoms with van der Waals surface area (Å²) in [6, 6.07) is 0.861. The van der Waals surface area contributed by atoms with Crippen molar-refractivity contribution in [2.24, 2.45) is 5.73 Å². The van der Waals surface area contributed by atoms with Crippen LogP contribution in [0.2, 0.25) is 5.02 Å². The Kier molecular flexibility index (Phi) is 5.17. The Balaban J connectivity index is 1.81. The number of nitrogens with one attached hydrogen (secondary N) is 1. The van der Waals surface area contributed by atoms with E-state index in [1.807, 2.05) is 0 Å². The smallest absolute Gasteiger partial charge is 0.138 e. The molecular weight excluding hydrogens is 380 g/mol. The van der Waals surface area contributed by atoms with Crippen LogP contribution in [0.25, 0.3) is 10.2 Å². The fourth-order valence-corrected chi connectivity index (χ4v) is 5.27. The van der Waals surface area contributed by atoms with Crippen LogP contribution in [0.1, 0.15) is 16.7 Å². The van der Waals surface area contributed by atoms with E-state index in [0.29, 0.717) is 28.4 Å². The van der Waals surface area contributed by atoms with Gasteiger partial charge in [0.05, 0.1) is 21.1 Å². The molecule has 0 bridgehead atoms. The molecule has 0 aliphatic carbocycles. The van der Waals surface area contributed by atoms with E-state index >= 15 is 0 Å². The monoisotopic (exact) mass is 393 g/mol. The van der Waals surface area contributed by atoms with Gasteiger partial charge in [-0.05, 0) is 29.9 Å². The van der Waals surface area contributed by atoms with E-state index in [0.717, 1.165) is 14.6 Å². The Hall–Kier alpha value is -0.800. The molecule has 3 aromatic rings. The number of hydrogen-bond acceptors (Lipinski definition) is 6. The minimum absolute atomic E-state index is 0.212. The molecule has 0 saturated carbocycles. The number of alkyl halides is 1. The molecule has 3 rings (SSSR count). The van der Waals surface area contributed by atoms with E-state index in [9.17, 15) is 8.78 Å². The first-order valence-corrected chi connectivity index (χ1v) is 9.74. The van der Waals surface area contributed by atoms with E-state index in [2.05, 4.69) is 9.69 Å². The summed E-state index contributed by atoms with van der Waals surface area (Å²) in [6.07, 6.45) is -0.723. The Labute approximate surface area is 149 Å². The molecule has 0 saturated heterocycles. The number of nitrogens with two attached hydrogens (primary N) is 1. The predicted octanol–water partition coefficient (Wildman–Crippen LogP) is 5.05. The largest absolute Gasteiger partial charge is 0.369 e. The molecule has 0 amide bonds. The van der Waals surface area contributed by atoms with Crippen LogP contribution in [0.3, 0.4) is 0 Å². The molecule has 0 radical (unpaired) electrons. The van der Waals surface area contributed by atoms with E-state index in [1.54, 1.807) is 5.38 Å². The van der Waals surface area contributed by atoms with Crippen molar-refractivity contribution >= 4 is 61.0 Å². The maximum absolute atomic E-state index is 13.5. The van der Waals surface area contributed by atoms with Gasteiger partial charge in [0.1, 0.15) is 22.5 Å². The molecule has 0 fully saturated rings. The third-order valence-electron chi connectivity index (χ3n) is 3.44. The van der Waals surface area contributed by atoms with Gasteiger partial charge in [0.15, 0.2) is 0 Å². The first kappa shape index (κ1) is 17.0. The molecule has 0 aliphatic rings. The predicted molar refractivity (Wildman–Crippen MR) is 96.4 cm³/mol. The molecule has 23 heavy (non-hydrogen) atoms. The van der Waals surface area contributed by atoms with Crippen molar-refractivity contribution in [2.45, 2.75) is 32.1 Å². The lowest BCUT2D eigenvalue weighted by Gasteiger charge is -2.11. The molecule has 0 aliphatic heterocycles. The second-order valence-corrected chi connectivity index (χ2v) is 8.38. The van der Waals surface area contributed by atoms with Gasteiger partial charge in [-0.15, -0.1) is 22.7 Å². The number of anilines is 1. The lowest BCUT2D eigenvalue weighted by molar-refractivity contribution is 0.305. The lowest BCUT2D eigenvalue weighted by Crippen LogP contribution is -2.31. The van der Waals surface area contributed by atoms with E-state index in [1.165, 1.54) is 47.2 Å². The molecule has 9 heteroatoms. The number of rotatable bonds is 6. The molecule has 3 heterocycles. The van der Waals surface area contributed by atoms with Crippen molar-refractivity contribution in [3.05, 3.63) is 32.0 Å². The normalized spacial score (nSPS) is 14.3. The maximum Gasteiger partial charge on any atom is 0.138 e. The average molecular weight is 394 g/mol. The highest BCUT2D eigenvalue weighted by Gasteiger charge is 2.21. The molecule has 3 N–H and O–H groups in total. The molecule has 0 unspecified atom stereocenters. The summed E-state index contributed by atoms with van der Waals surface area (Å²) in [5.74, 6) is -0.212. The molecular formula is C14H14ClF2N3S3. The molecule has 0 spiro atoms. The number of thiophene rings is 2. The first-order chi connectivity index (χ1) is 11.0. The molecule has 3 nitrogen and oxygen atoms in total. The Morgan fingerprint density at radius 2 is 2.22 bits per heavy atom. The van der Waals surface area contributed by atoms with E-state index in [-0.39, 0.29) is 5.82 Å². The lowest BCUT2D eigenvalue weighted by atomic mass is 10.1. The zero-order chi connectivity index (χ0) is 16.6. The van der Waals surface area contributed by atoms with Crippen LogP contribution in [0.5, 0.6) is 0 Å². The highest BCUT2D eigenvalue weighted by Crippen LogP contribution is 2.42. The van der Waals surface area contributed by atoms with Crippen LogP contribution in [0.15, 0.2) is 11.4 Å². The summed E-state index contributed by atoms with van der Waals surface area (Å²) in [5.41, 5.74) is 6.48. The summed E-state index contributed by atoms with van der Waals surface area (Å²) in [7, 11) is 0. The summed E-state index contributed by atoms with van der Waals surface area (Å²) in [5, 5.41) is 6.29. The van der Waals surface area contributed by atoms with Crippen molar-refractivity contribution in [3.63, 3.8) is 0 Å². The van der Waals surface area contributed by atoms with Gasteiger partial charge in [0.25, 0.3) is 0 Å². The minimum atomic E-state index is -1.10. The molecule has 3 aromatic heterocycles. The number of fused-ring (bicyclic) bond motifs is 1. The second-order valence-electron chi connectivity index (χ2n) is 5.12. The Bertz CT molecular complexity index is 812. The maximum atomic E-state index is 13.5. The summed E-state index contributed by atoms with van der Waals surface area (Å²) in [4.78, 5) is 1.47. The van der Waals surface area contributed by atoms with Crippen molar-refractivity contribution in [3.8, 4) is 0 Å². The molecule has 2 atom stereocenters. The van der Waals surface area contributed by atoms with Crippen molar-refractivity contribution in [2.75, 3.05) is 5.32 Å². The fourth-order valence-electron chi connectivity index (χ4n) is 2.05. The number of halogens is 3. The zero-order valence-electron chi connectivity index (χ0n) is 12.1. The highest BCUT2D eigenvalue weighted by atomic mass is 35.5. The van der Waals surface area contributed by atoms with Gasteiger partial charge in [0, 0.05) is 17.3 Å². The molecule has 124 valence electrons. The second kappa shape index (κ2) is 6.98. The summed E-state index contributed by atoms with van der Waals surface area (Å²) in [6.45, 7) is 1.83. The van der Waals surface area contributed by atoms with Gasteiger partial charge in [-0.3, -0.25) is 0 Å². The van der Waals surface area contributed by atoms with Crippen LogP contribution in [-0.4, -0.2) is 16.6 Å². The van der Waals surface area contributed by atoms with Gasteiger partial charge in [-0.25, -0.2) is 8.78 Å². The van der Waals surface area contributed by atoms with Crippen LogP contribution < -0.4 is 11.1 Å². The standard InChI is InChI=1S/C14H14ClF2N3S3/c1-6(16)8(18)4-9-11(15)12-13(22-9)14(23-20-12)19-5-10-7(17)2-3-21-10/h2-3,6,8,19H,4-5,18H2,1H3/t6-,8+/m0/s1. The number of aromatic nitrogens is 1. The summed E-state index contributed by atoms with van der Waals surface area (Å²) >= 11 is 10.4. The van der Waals surface area contributed by atoms with Crippen LogP contribution in [0, 0.1) is 5.82 Å². The van der Waals surface area contributed by atoms with Crippen molar-refractivity contribution in [1.29, 1.82) is 0 Å². The Morgan fingerprint density at radius 3 is 2.87 bits per heavy atom. The number of hydrogen-bond donors (Lipinski definition) is 2. The van der Waals surface area contributed by atoms with Crippen LogP contribution in [-0.2, 0) is 13.0 Å². The van der Waals surface area contributed by atoms with Gasteiger partial charge in [-0.1, -0.05) is 11.6 Å². The third-order valence-corrected chi connectivity index (χ3v) is 7.01. The number of nitrogens with zero attached hydrogens (tertiary/aromatic N) is 1. The third kappa shape index (κ3) is 3.51. The average Bonchev–Trinajstić information content (AvgIpc) is 3.16. The van der Waals surface area contributed by atoms with Crippen LogP contribution in [0.4, 0.5) is 13.8 Å². The SMILES string of the molecule is C[C@H](F)[C@H](N)Cc1sc2c(NCc3sccc3F)snc2c1Cl. The first-order valence-electron chi connectivity index (χ1n) is 6.89. The van der Waals surface area contributed by atoms with Gasteiger partial charge >= 0.3 is 0 Å². The fraction of sp³-hybridized carbons (Fsp3) is 0.357. The molecule has 0 aromatic carbocycles. The van der Waals surface area contributed by atoms with Crippen molar-refractivity contribution < 1.29 is 8.78 Å². The van der Waals surface area contributed by atoms with Crippen LogP contribution >= 0.6 is 45.8 Å². The van der Waals surface area contributed by atoms with Crippen molar-refractivity contribution in [1.82, 2.24) is 4.37 Å². The van der Waals surface area contributed by atoms with Gasteiger partial charge in [-0.2, -0.15) is 4.37 Å². The minimum Gasteiger partial charge on any atom is -0.369 e. The Morgan fingerprint density at radius 1 is 1.43 bits per heavy atom. The quantitative estimate of drug-likeness (QED) is 0.616. The topological polar surface area (TPSA) is 50.9 Å². The van der Waals surface area contributed by atoms with E-state index < -0.39 is 12.2 Å². The highest BCUT2D eigenvalue weighted by molar-refractivity contribution is 7.25. The van der Waals surface area contributed by atoms with Gasteiger partial charge < -0.3 is 11.1 Å². The summed E-state index contributed by atoms with van der Waals surface area (Å²) < 4.78 is 32.0. The van der Waals surface area contributed by atoms with E-state index in [4.69, 9.17) is 17.3 Å². The van der Waals surface area contributed by atoms with Gasteiger partial charge in [0.2, 0.25) is 0 Å². The zero-order valence-corrected chi connectivity index (χ0v) is 15.3.